The zero-order valence-electron chi connectivity index (χ0n) is 11.5. The third-order valence-corrected chi connectivity index (χ3v) is 3.37. The van der Waals surface area contributed by atoms with Crippen molar-refractivity contribution in [1.29, 1.82) is 0 Å². The first-order valence-corrected chi connectivity index (χ1v) is 6.28. The number of imidazole rings is 1. The lowest BCUT2D eigenvalue weighted by Gasteiger charge is -2.21. The van der Waals surface area contributed by atoms with Gasteiger partial charge in [-0.2, -0.15) is 5.10 Å². The number of aromatic nitrogens is 4. The highest BCUT2D eigenvalue weighted by molar-refractivity contribution is 5.01. The summed E-state index contributed by atoms with van der Waals surface area (Å²) in [6.07, 6.45) is 7.75. The first kappa shape index (κ1) is 12.8. The van der Waals surface area contributed by atoms with Crippen LogP contribution in [0.5, 0.6) is 0 Å². The molecule has 0 aliphatic heterocycles. The second-order valence-corrected chi connectivity index (χ2v) is 4.86. The van der Waals surface area contributed by atoms with Crippen molar-refractivity contribution in [3.63, 3.8) is 0 Å². The summed E-state index contributed by atoms with van der Waals surface area (Å²) in [7, 11) is 2.01. The van der Waals surface area contributed by atoms with Gasteiger partial charge in [0.05, 0.1) is 18.8 Å². The van der Waals surface area contributed by atoms with E-state index >= 15 is 0 Å². The van der Waals surface area contributed by atoms with E-state index in [1.165, 1.54) is 5.56 Å². The van der Waals surface area contributed by atoms with E-state index in [-0.39, 0.29) is 0 Å². The SMILES string of the molecule is Cc1cnn([C@H](C)[C@H](C)NCc2nccn2C)c1. The summed E-state index contributed by atoms with van der Waals surface area (Å²) in [4.78, 5) is 4.30. The van der Waals surface area contributed by atoms with Crippen molar-refractivity contribution in [3.05, 3.63) is 36.2 Å². The predicted octanol–water partition coefficient (Wildman–Crippen LogP) is 1.66. The number of aryl methyl sites for hydroxylation is 2. The fourth-order valence-electron chi connectivity index (χ4n) is 1.87. The molecule has 5 heteroatoms. The second-order valence-electron chi connectivity index (χ2n) is 4.86. The maximum Gasteiger partial charge on any atom is 0.122 e. The smallest absolute Gasteiger partial charge is 0.122 e. The van der Waals surface area contributed by atoms with Crippen LogP contribution in [0.3, 0.4) is 0 Å². The highest BCUT2D eigenvalue weighted by Gasteiger charge is 2.14. The Balaban J connectivity index is 1.92. The highest BCUT2D eigenvalue weighted by atomic mass is 15.3. The minimum absolute atomic E-state index is 0.318. The van der Waals surface area contributed by atoms with Crippen LogP contribution in [-0.2, 0) is 13.6 Å². The molecule has 0 fully saturated rings. The normalized spacial score (nSPS) is 14.7. The lowest BCUT2D eigenvalue weighted by atomic mass is 10.2. The molecular weight excluding hydrogens is 226 g/mol. The van der Waals surface area contributed by atoms with E-state index in [1.54, 1.807) is 0 Å². The van der Waals surface area contributed by atoms with Crippen molar-refractivity contribution in [1.82, 2.24) is 24.6 Å². The fourth-order valence-corrected chi connectivity index (χ4v) is 1.87. The Kier molecular flexibility index (Phi) is 3.81. The average Bonchev–Trinajstić information content (AvgIpc) is 2.94. The topological polar surface area (TPSA) is 47.7 Å². The van der Waals surface area contributed by atoms with Gasteiger partial charge in [-0.15, -0.1) is 0 Å². The van der Waals surface area contributed by atoms with E-state index < -0.39 is 0 Å². The van der Waals surface area contributed by atoms with Crippen LogP contribution in [-0.4, -0.2) is 25.4 Å². The van der Waals surface area contributed by atoms with Crippen molar-refractivity contribution in [2.75, 3.05) is 0 Å². The Hall–Kier alpha value is -1.62. The third kappa shape index (κ3) is 2.79. The van der Waals surface area contributed by atoms with Gasteiger partial charge in [0.1, 0.15) is 5.82 Å². The van der Waals surface area contributed by atoms with Crippen LogP contribution >= 0.6 is 0 Å². The Morgan fingerprint density at radius 1 is 1.39 bits per heavy atom. The minimum Gasteiger partial charge on any atom is -0.337 e. The molecule has 0 amide bonds. The summed E-state index contributed by atoms with van der Waals surface area (Å²) in [5.41, 5.74) is 1.19. The van der Waals surface area contributed by atoms with Crippen LogP contribution < -0.4 is 5.32 Å². The molecule has 2 aromatic heterocycles. The highest BCUT2D eigenvalue weighted by Crippen LogP contribution is 2.11. The molecule has 0 aliphatic carbocycles. The molecule has 1 N–H and O–H groups in total. The summed E-state index contributed by atoms with van der Waals surface area (Å²) >= 11 is 0. The molecule has 0 spiro atoms. The van der Waals surface area contributed by atoms with Gasteiger partial charge in [0.2, 0.25) is 0 Å². The molecule has 2 atom stereocenters. The van der Waals surface area contributed by atoms with Crippen molar-refractivity contribution >= 4 is 0 Å². The monoisotopic (exact) mass is 247 g/mol. The van der Waals surface area contributed by atoms with Gasteiger partial charge in [-0.1, -0.05) is 0 Å². The third-order valence-electron chi connectivity index (χ3n) is 3.37. The Labute approximate surface area is 108 Å². The van der Waals surface area contributed by atoms with Crippen molar-refractivity contribution in [2.45, 2.75) is 39.4 Å². The standard InChI is InChI=1S/C13H21N5/c1-10-7-16-18(9-10)12(3)11(2)15-8-13-14-5-6-17(13)4/h5-7,9,11-12,15H,8H2,1-4H3/t11-,12+/m0/s1. The van der Waals surface area contributed by atoms with Crippen molar-refractivity contribution in [3.8, 4) is 0 Å². The largest absolute Gasteiger partial charge is 0.337 e. The van der Waals surface area contributed by atoms with Gasteiger partial charge in [-0.05, 0) is 26.3 Å². The van der Waals surface area contributed by atoms with Crippen LogP contribution in [0, 0.1) is 6.92 Å². The van der Waals surface area contributed by atoms with Gasteiger partial charge in [0.25, 0.3) is 0 Å². The summed E-state index contributed by atoms with van der Waals surface area (Å²) in [6.45, 7) is 7.17. The first-order valence-electron chi connectivity index (χ1n) is 6.28. The van der Waals surface area contributed by atoms with E-state index in [9.17, 15) is 0 Å². The Morgan fingerprint density at radius 2 is 2.17 bits per heavy atom. The maximum absolute atomic E-state index is 4.36. The molecule has 98 valence electrons. The summed E-state index contributed by atoms with van der Waals surface area (Å²) in [5.74, 6) is 1.05. The number of hydrogen-bond donors (Lipinski definition) is 1. The van der Waals surface area contributed by atoms with Gasteiger partial charge >= 0.3 is 0 Å². The fraction of sp³-hybridized carbons (Fsp3) is 0.538. The zero-order valence-corrected chi connectivity index (χ0v) is 11.5. The molecule has 2 heterocycles. The van der Waals surface area contributed by atoms with E-state index in [1.807, 2.05) is 34.9 Å². The van der Waals surface area contributed by atoms with Crippen molar-refractivity contribution in [2.24, 2.45) is 7.05 Å². The van der Waals surface area contributed by atoms with Gasteiger partial charge < -0.3 is 9.88 Å². The molecule has 0 aromatic carbocycles. The molecule has 2 rings (SSSR count). The molecule has 5 nitrogen and oxygen atoms in total. The van der Waals surface area contributed by atoms with Gasteiger partial charge in [0, 0.05) is 31.7 Å². The summed E-state index contributed by atoms with van der Waals surface area (Å²) in [5, 5.41) is 7.84. The summed E-state index contributed by atoms with van der Waals surface area (Å²) < 4.78 is 4.04. The molecule has 0 bridgehead atoms. The van der Waals surface area contributed by atoms with E-state index in [0.717, 1.165) is 12.4 Å². The predicted molar refractivity (Wildman–Crippen MR) is 71.2 cm³/mol. The van der Waals surface area contributed by atoms with Crippen LogP contribution in [0.2, 0.25) is 0 Å². The van der Waals surface area contributed by atoms with Crippen LogP contribution in [0.25, 0.3) is 0 Å². The van der Waals surface area contributed by atoms with Gasteiger partial charge in [-0.25, -0.2) is 4.98 Å². The molecule has 0 saturated carbocycles. The second kappa shape index (κ2) is 5.35. The number of nitrogens with zero attached hydrogens (tertiary/aromatic N) is 4. The van der Waals surface area contributed by atoms with Gasteiger partial charge in [-0.3, -0.25) is 4.68 Å². The first-order chi connectivity index (χ1) is 8.58. The van der Waals surface area contributed by atoms with E-state index in [2.05, 4.69) is 42.4 Å². The Bertz CT molecular complexity index is 499. The zero-order chi connectivity index (χ0) is 13.1. The lowest BCUT2D eigenvalue weighted by molar-refractivity contribution is 0.361. The molecule has 0 saturated heterocycles. The Morgan fingerprint density at radius 3 is 2.72 bits per heavy atom. The van der Waals surface area contributed by atoms with Crippen LogP contribution in [0.4, 0.5) is 0 Å². The van der Waals surface area contributed by atoms with Gasteiger partial charge in [0.15, 0.2) is 0 Å². The van der Waals surface area contributed by atoms with Crippen LogP contribution in [0.15, 0.2) is 24.8 Å². The number of rotatable bonds is 5. The van der Waals surface area contributed by atoms with E-state index in [4.69, 9.17) is 0 Å². The van der Waals surface area contributed by atoms with E-state index in [0.29, 0.717) is 12.1 Å². The molecule has 0 unspecified atom stereocenters. The average molecular weight is 247 g/mol. The number of hydrogen-bond acceptors (Lipinski definition) is 3. The number of nitrogens with one attached hydrogen (secondary N) is 1. The van der Waals surface area contributed by atoms with Crippen LogP contribution in [0.1, 0.15) is 31.3 Å². The molecule has 0 radical (unpaired) electrons. The summed E-state index contributed by atoms with van der Waals surface area (Å²) in [6, 6.07) is 0.653. The lowest BCUT2D eigenvalue weighted by Crippen LogP contribution is -2.34. The quantitative estimate of drug-likeness (QED) is 0.874. The maximum atomic E-state index is 4.36. The van der Waals surface area contributed by atoms with Crippen molar-refractivity contribution < 1.29 is 0 Å². The molecule has 18 heavy (non-hydrogen) atoms. The molecular formula is C13H21N5. The molecule has 2 aromatic rings. The molecule has 0 aliphatic rings. The minimum atomic E-state index is 0.318.